The predicted octanol–water partition coefficient (Wildman–Crippen LogP) is 3.37. The molecule has 0 saturated carbocycles. The topological polar surface area (TPSA) is 49.4 Å². The summed E-state index contributed by atoms with van der Waals surface area (Å²) in [4.78, 5) is 27.7. The zero-order valence-corrected chi connectivity index (χ0v) is 14.2. The lowest BCUT2D eigenvalue weighted by molar-refractivity contribution is -0.131. The molecule has 0 unspecified atom stereocenters. The van der Waals surface area contributed by atoms with Gasteiger partial charge < -0.3 is 10.2 Å². The minimum Gasteiger partial charge on any atom is -0.351 e. The van der Waals surface area contributed by atoms with Gasteiger partial charge in [-0.05, 0) is 36.2 Å². The van der Waals surface area contributed by atoms with Crippen LogP contribution in [0.15, 0.2) is 35.0 Å². The second kappa shape index (κ2) is 8.70. The molecule has 118 valence electrons. The summed E-state index contributed by atoms with van der Waals surface area (Å²) in [5.41, 5.74) is 0. The second-order valence-corrected chi connectivity index (χ2v) is 6.80. The number of carbonyl (C=O) groups is 2. The summed E-state index contributed by atoms with van der Waals surface area (Å²) in [6, 6.07) is 7.69. The fourth-order valence-corrected chi connectivity index (χ4v) is 3.42. The van der Waals surface area contributed by atoms with Crippen molar-refractivity contribution < 1.29 is 9.59 Å². The van der Waals surface area contributed by atoms with E-state index >= 15 is 0 Å². The van der Waals surface area contributed by atoms with Gasteiger partial charge in [0.1, 0.15) is 0 Å². The van der Waals surface area contributed by atoms with Crippen LogP contribution in [0.1, 0.15) is 34.3 Å². The molecular weight excluding hydrogens is 316 g/mol. The Kier molecular flexibility index (Phi) is 6.61. The summed E-state index contributed by atoms with van der Waals surface area (Å²) in [6.45, 7) is 3.90. The van der Waals surface area contributed by atoms with E-state index in [-0.39, 0.29) is 11.8 Å². The molecule has 22 heavy (non-hydrogen) atoms. The van der Waals surface area contributed by atoms with Crippen molar-refractivity contribution in [3.63, 3.8) is 0 Å². The van der Waals surface area contributed by atoms with Crippen LogP contribution in [-0.4, -0.2) is 29.8 Å². The Morgan fingerprint density at radius 3 is 2.59 bits per heavy atom. The first-order valence-electron chi connectivity index (χ1n) is 7.32. The summed E-state index contributed by atoms with van der Waals surface area (Å²) in [5, 5.41) is 6.74. The Morgan fingerprint density at radius 2 is 1.95 bits per heavy atom. The van der Waals surface area contributed by atoms with Gasteiger partial charge in [0.2, 0.25) is 5.91 Å². The van der Waals surface area contributed by atoms with Crippen LogP contribution in [0, 0.1) is 0 Å². The summed E-state index contributed by atoms with van der Waals surface area (Å²) >= 11 is 3.08. The fraction of sp³-hybridized carbons (Fsp3) is 0.375. The van der Waals surface area contributed by atoms with Gasteiger partial charge in [-0.25, -0.2) is 0 Å². The molecule has 0 bridgehead atoms. The average molecular weight is 336 g/mol. The lowest BCUT2D eigenvalue weighted by Crippen LogP contribution is -2.31. The summed E-state index contributed by atoms with van der Waals surface area (Å²) in [7, 11) is 0. The molecule has 0 aliphatic rings. The van der Waals surface area contributed by atoms with Gasteiger partial charge in [0.15, 0.2) is 0 Å². The highest BCUT2D eigenvalue weighted by atomic mass is 32.1. The minimum atomic E-state index is -0.0617. The van der Waals surface area contributed by atoms with Crippen LogP contribution in [-0.2, 0) is 11.3 Å². The third kappa shape index (κ3) is 4.96. The largest absolute Gasteiger partial charge is 0.351 e. The first-order chi connectivity index (χ1) is 10.7. The number of amides is 2. The van der Waals surface area contributed by atoms with Crippen molar-refractivity contribution in [2.24, 2.45) is 0 Å². The highest BCUT2D eigenvalue weighted by molar-refractivity contribution is 7.12. The van der Waals surface area contributed by atoms with Gasteiger partial charge >= 0.3 is 0 Å². The maximum atomic E-state index is 12.2. The third-order valence-electron chi connectivity index (χ3n) is 3.26. The van der Waals surface area contributed by atoms with Crippen molar-refractivity contribution >= 4 is 34.5 Å². The number of nitrogens with zero attached hydrogens (tertiary/aromatic N) is 1. The van der Waals surface area contributed by atoms with Gasteiger partial charge in [-0.3, -0.25) is 9.59 Å². The molecule has 0 atom stereocenters. The lowest BCUT2D eigenvalue weighted by Gasteiger charge is -2.20. The van der Waals surface area contributed by atoms with Crippen LogP contribution in [0.2, 0.25) is 0 Å². The standard InChI is InChI=1S/C16H20N2O2S2/c1-2-18(12-13-6-4-10-21-13)15(19)8-3-9-17-16(20)14-7-5-11-22-14/h4-7,10-11H,2-3,8-9,12H2,1H3,(H,17,20). The van der Waals surface area contributed by atoms with E-state index in [2.05, 4.69) is 5.32 Å². The predicted molar refractivity (Wildman–Crippen MR) is 91.3 cm³/mol. The second-order valence-electron chi connectivity index (χ2n) is 4.82. The summed E-state index contributed by atoms with van der Waals surface area (Å²) in [5.74, 6) is 0.0784. The monoisotopic (exact) mass is 336 g/mol. The van der Waals surface area contributed by atoms with Crippen molar-refractivity contribution in [1.29, 1.82) is 0 Å². The number of rotatable bonds is 8. The molecule has 1 N–H and O–H groups in total. The Hall–Kier alpha value is -1.66. The molecule has 2 aromatic rings. The van der Waals surface area contributed by atoms with Crippen LogP contribution in [0.3, 0.4) is 0 Å². The Balaban J connectivity index is 1.69. The van der Waals surface area contributed by atoms with Crippen molar-refractivity contribution in [2.75, 3.05) is 13.1 Å². The van der Waals surface area contributed by atoms with E-state index in [1.54, 1.807) is 17.4 Å². The van der Waals surface area contributed by atoms with Gasteiger partial charge in [0, 0.05) is 24.4 Å². The van der Waals surface area contributed by atoms with Crippen molar-refractivity contribution in [3.05, 3.63) is 44.8 Å². The summed E-state index contributed by atoms with van der Waals surface area (Å²) < 4.78 is 0. The molecule has 0 saturated heterocycles. The molecule has 0 aliphatic carbocycles. The van der Waals surface area contributed by atoms with Crippen LogP contribution in [0.25, 0.3) is 0 Å². The number of hydrogen-bond donors (Lipinski definition) is 1. The van der Waals surface area contributed by atoms with Gasteiger partial charge in [-0.2, -0.15) is 0 Å². The molecule has 6 heteroatoms. The van der Waals surface area contributed by atoms with Gasteiger partial charge in [0.25, 0.3) is 5.91 Å². The molecular formula is C16H20N2O2S2. The van der Waals surface area contributed by atoms with E-state index in [0.29, 0.717) is 37.4 Å². The molecule has 0 fully saturated rings. The van der Waals surface area contributed by atoms with E-state index < -0.39 is 0 Å². The first kappa shape index (κ1) is 16.7. The van der Waals surface area contributed by atoms with E-state index in [1.807, 2.05) is 40.8 Å². The Bertz CT molecular complexity index is 579. The van der Waals surface area contributed by atoms with E-state index in [4.69, 9.17) is 0 Å². The van der Waals surface area contributed by atoms with Crippen LogP contribution >= 0.6 is 22.7 Å². The SMILES string of the molecule is CCN(Cc1cccs1)C(=O)CCCNC(=O)c1cccs1. The van der Waals surface area contributed by atoms with E-state index in [1.165, 1.54) is 16.2 Å². The van der Waals surface area contributed by atoms with Crippen molar-refractivity contribution in [1.82, 2.24) is 10.2 Å². The zero-order chi connectivity index (χ0) is 15.8. The van der Waals surface area contributed by atoms with Crippen LogP contribution in [0.5, 0.6) is 0 Å². The minimum absolute atomic E-state index is 0.0617. The average Bonchev–Trinajstić information content (AvgIpc) is 3.21. The van der Waals surface area contributed by atoms with Gasteiger partial charge in [-0.1, -0.05) is 12.1 Å². The first-order valence-corrected chi connectivity index (χ1v) is 9.08. The quantitative estimate of drug-likeness (QED) is 0.752. The molecule has 2 rings (SSSR count). The molecule has 2 aromatic heterocycles. The van der Waals surface area contributed by atoms with Gasteiger partial charge in [0.05, 0.1) is 11.4 Å². The highest BCUT2D eigenvalue weighted by Gasteiger charge is 2.12. The van der Waals surface area contributed by atoms with Gasteiger partial charge in [-0.15, -0.1) is 22.7 Å². The molecule has 4 nitrogen and oxygen atoms in total. The molecule has 0 spiro atoms. The smallest absolute Gasteiger partial charge is 0.261 e. The maximum absolute atomic E-state index is 12.2. The number of hydrogen-bond acceptors (Lipinski definition) is 4. The van der Waals surface area contributed by atoms with Crippen LogP contribution in [0.4, 0.5) is 0 Å². The molecule has 0 aromatic carbocycles. The van der Waals surface area contributed by atoms with E-state index in [9.17, 15) is 9.59 Å². The van der Waals surface area contributed by atoms with E-state index in [0.717, 1.165) is 0 Å². The molecule has 0 aliphatic heterocycles. The zero-order valence-electron chi connectivity index (χ0n) is 12.6. The Labute approximate surface area is 138 Å². The highest BCUT2D eigenvalue weighted by Crippen LogP contribution is 2.13. The van der Waals surface area contributed by atoms with Crippen molar-refractivity contribution in [3.8, 4) is 0 Å². The molecule has 0 radical (unpaired) electrons. The fourth-order valence-electron chi connectivity index (χ4n) is 2.06. The maximum Gasteiger partial charge on any atom is 0.261 e. The summed E-state index contributed by atoms with van der Waals surface area (Å²) in [6.07, 6.45) is 1.13. The van der Waals surface area contributed by atoms with Crippen molar-refractivity contribution in [2.45, 2.75) is 26.3 Å². The Morgan fingerprint density at radius 1 is 1.18 bits per heavy atom. The van der Waals surface area contributed by atoms with Crippen LogP contribution < -0.4 is 5.32 Å². The molecule has 2 amide bonds. The number of nitrogens with one attached hydrogen (secondary N) is 1. The number of thiophene rings is 2. The third-order valence-corrected chi connectivity index (χ3v) is 4.99. The molecule has 2 heterocycles. The lowest BCUT2D eigenvalue weighted by atomic mass is 10.2. The number of carbonyl (C=O) groups excluding carboxylic acids is 2. The normalized spacial score (nSPS) is 10.4.